The molecule has 142 valence electrons. The van der Waals surface area contributed by atoms with Crippen molar-refractivity contribution in [2.75, 3.05) is 11.9 Å². The Bertz CT molecular complexity index is 994. The molecule has 0 saturated heterocycles. The number of hydrogen-bond acceptors (Lipinski definition) is 4. The molecule has 0 aliphatic rings. The fraction of sp³-hybridized carbons (Fsp3) is 0.235. The first-order chi connectivity index (χ1) is 12.7. The summed E-state index contributed by atoms with van der Waals surface area (Å²) >= 11 is 1.42. The summed E-state index contributed by atoms with van der Waals surface area (Å²) in [5.74, 6) is -1.18. The molecular weight excluding hydrogens is 381 g/mol. The van der Waals surface area contributed by atoms with Crippen molar-refractivity contribution in [3.8, 4) is 0 Å². The van der Waals surface area contributed by atoms with Crippen LogP contribution in [0.4, 0.5) is 18.9 Å². The number of carbonyl (C=O) groups is 2. The van der Waals surface area contributed by atoms with Crippen molar-refractivity contribution in [1.82, 2.24) is 14.7 Å². The summed E-state index contributed by atoms with van der Waals surface area (Å²) in [5.41, 5.74) is 1.97. The largest absolute Gasteiger partial charge is 0.405 e. The van der Waals surface area contributed by atoms with Crippen molar-refractivity contribution >= 4 is 33.8 Å². The third-order valence-electron chi connectivity index (χ3n) is 3.60. The number of benzene rings is 1. The van der Waals surface area contributed by atoms with E-state index in [2.05, 4.69) is 10.3 Å². The van der Waals surface area contributed by atoms with Gasteiger partial charge in [-0.3, -0.25) is 14.0 Å². The molecule has 0 bridgehead atoms. The van der Waals surface area contributed by atoms with Gasteiger partial charge in [-0.05, 0) is 25.1 Å². The van der Waals surface area contributed by atoms with E-state index in [0.29, 0.717) is 5.69 Å². The topological polar surface area (TPSA) is 75.5 Å². The smallest absolute Gasteiger partial charge is 0.343 e. The van der Waals surface area contributed by atoms with Gasteiger partial charge < -0.3 is 10.6 Å². The van der Waals surface area contributed by atoms with Crippen LogP contribution in [0.3, 0.4) is 0 Å². The lowest BCUT2D eigenvalue weighted by molar-refractivity contribution is -0.123. The molecule has 2 amide bonds. The van der Waals surface area contributed by atoms with Gasteiger partial charge >= 0.3 is 6.18 Å². The van der Waals surface area contributed by atoms with Gasteiger partial charge in [0.2, 0.25) is 5.91 Å². The van der Waals surface area contributed by atoms with Gasteiger partial charge in [0.15, 0.2) is 4.96 Å². The van der Waals surface area contributed by atoms with Crippen molar-refractivity contribution in [3.05, 3.63) is 52.8 Å². The maximum atomic E-state index is 12.3. The van der Waals surface area contributed by atoms with Gasteiger partial charge in [-0.2, -0.15) is 13.2 Å². The molecule has 2 heterocycles. The van der Waals surface area contributed by atoms with Crippen LogP contribution in [0.5, 0.6) is 0 Å². The van der Waals surface area contributed by atoms with Crippen LogP contribution in [0.1, 0.15) is 21.7 Å². The minimum atomic E-state index is -4.49. The maximum absolute atomic E-state index is 12.3. The lowest BCUT2D eigenvalue weighted by Crippen LogP contribution is -2.33. The minimum Gasteiger partial charge on any atom is -0.343 e. The SMILES string of the molecule is Cc1cn2c(CC(=O)Nc3cccc(C(=O)NCC(F)(F)F)c3)csc2n1. The standard InChI is InChI=1S/C17H15F3N4O2S/c1-10-7-24-13(8-27-16(24)22-10)6-14(25)23-12-4-2-3-11(5-12)15(26)21-9-17(18,19)20/h2-5,7-8H,6,9H2,1H3,(H,21,26)(H,23,25). The highest BCUT2D eigenvalue weighted by atomic mass is 32.1. The van der Waals surface area contributed by atoms with E-state index in [4.69, 9.17) is 0 Å². The lowest BCUT2D eigenvalue weighted by atomic mass is 10.2. The molecule has 3 aromatic rings. The lowest BCUT2D eigenvalue weighted by Gasteiger charge is -2.10. The van der Waals surface area contributed by atoms with Gasteiger partial charge in [0.1, 0.15) is 6.54 Å². The number of nitrogens with zero attached hydrogens (tertiary/aromatic N) is 2. The number of aromatic nitrogens is 2. The third-order valence-corrected chi connectivity index (χ3v) is 4.49. The van der Waals surface area contributed by atoms with E-state index in [1.807, 2.05) is 22.9 Å². The van der Waals surface area contributed by atoms with E-state index in [9.17, 15) is 22.8 Å². The second-order valence-corrected chi connectivity index (χ2v) is 6.70. The Labute approximate surface area is 156 Å². The predicted octanol–water partition coefficient (Wildman–Crippen LogP) is 3.18. The molecule has 0 aliphatic heterocycles. The number of amides is 2. The molecule has 0 spiro atoms. The quantitative estimate of drug-likeness (QED) is 0.696. The number of thiazole rings is 1. The Morgan fingerprint density at radius 3 is 2.81 bits per heavy atom. The molecule has 2 N–H and O–H groups in total. The van der Waals surface area contributed by atoms with Crippen molar-refractivity contribution in [2.24, 2.45) is 0 Å². The van der Waals surface area contributed by atoms with E-state index in [1.54, 1.807) is 11.4 Å². The van der Waals surface area contributed by atoms with Gasteiger partial charge in [0, 0.05) is 28.5 Å². The number of aryl methyl sites for hydroxylation is 1. The molecular formula is C17H15F3N4O2S. The zero-order valence-corrected chi connectivity index (χ0v) is 14.9. The van der Waals surface area contributed by atoms with Crippen LogP contribution in [0.2, 0.25) is 0 Å². The Kier molecular flexibility index (Phi) is 5.17. The molecule has 6 nitrogen and oxygen atoms in total. The van der Waals surface area contributed by atoms with E-state index < -0.39 is 18.6 Å². The molecule has 0 radical (unpaired) electrons. The second-order valence-electron chi connectivity index (χ2n) is 5.87. The molecule has 0 fully saturated rings. The monoisotopic (exact) mass is 396 g/mol. The van der Waals surface area contributed by atoms with Crippen molar-refractivity contribution in [1.29, 1.82) is 0 Å². The fourth-order valence-corrected chi connectivity index (χ4v) is 3.38. The highest BCUT2D eigenvalue weighted by molar-refractivity contribution is 7.15. The zero-order chi connectivity index (χ0) is 19.6. The summed E-state index contributed by atoms with van der Waals surface area (Å²) in [5, 5.41) is 6.28. The minimum absolute atomic E-state index is 0.0280. The molecule has 3 rings (SSSR count). The van der Waals surface area contributed by atoms with Crippen LogP contribution in [-0.2, 0) is 11.2 Å². The number of carbonyl (C=O) groups excluding carboxylic acids is 2. The van der Waals surface area contributed by atoms with Gasteiger partial charge in [-0.1, -0.05) is 6.07 Å². The Morgan fingerprint density at radius 1 is 1.30 bits per heavy atom. The number of alkyl halides is 3. The van der Waals surface area contributed by atoms with Crippen LogP contribution in [-0.4, -0.2) is 33.9 Å². The number of rotatable bonds is 5. The summed E-state index contributed by atoms with van der Waals surface area (Å²) in [7, 11) is 0. The normalized spacial score (nSPS) is 11.6. The van der Waals surface area contributed by atoms with Crippen LogP contribution < -0.4 is 10.6 Å². The van der Waals surface area contributed by atoms with E-state index >= 15 is 0 Å². The summed E-state index contributed by atoms with van der Waals surface area (Å²) in [6.07, 6.45) is -2.56. The molecule has 0 aliphatic carbocycles. The summed E-state index contributed by atoms with van der Waals surface area (Å²) < 4.78 is 38.4. The van der Waals surface area contributed by atoms with Gasteiger partial charge in [0.25, 0.3) is 5.91 Å². The van der Waals surface area contributed by atoms with Crippen molar-refractivity contribution < 1.29 is 22.8 Å². The molecule has 27 heavy (non-hydrogen) atoms. The average molecular weight is 396 g/mol. The third kappa shape index (κ3) is 4.85. The molecule has 0 unspecified atom stereocenters. The maximum Gasteiger partial charge on any atom is 0.405 e. The first kappa shape index (κ1) is 18.9. The number of hydrogen-bond donors (Lipinski definition) is 2. The van der Waals surface area contributed by atoms with Crippen molar-refractivity contribution in [2.45, 2.75) is 19.5 Å². The average Bonchev–Trinajstić information content (AvgIpc) is 3.12. The first-order valence-electron chi connectivity index (χ1n) is 7.88. The number of fused-ring (bicyclic) bond motifs is 1. The van der Waals surface area contributed by atoms with Gasteiger partial charge in [-0.25, -0.2) is 4.98 Å². The van der Waals surface area contributed by atoms with E-state index in [-0.39, 0.29) is 17.9 Å². The predicted molar refractivity (Wildman–Crippen MR) is 95.0 cm³/mol. The molecule has 10 heteroatoms. The van der Waals surface area contributed by atoms with Crippen LogP contribution in [0, 0.1) is 6.92 Å². The first-order valence-corrected chi connectivity index (χ1v) is 8.76. The van der Waals surface area contributed by atoms with Crippen LogP contribution in [0.25, 0.3) is 4.96 Å². The molecule has 0 atom stereocenters. The fourth-order valence-electron chi connectivity index (χ4n) is 2.46. The molecule has 0 saturated carbocycles. The Hall–Kier alpha value is -2.88. The van der Waals surface area contributed by atoms with E-state index in [0.717, 1.165) is 16.3 Å². The summed E-state index contributed by atoms with van der Waals surface area (Å²) in [4.78, 5) is 29.2. The number of anilines is 1. The highest BCUT2D eigenvalue weighted by Crippen LogP contribution is 2.18. The number of nitrogens with one attached hydrogen (secondary N) is 2. The molecule has 2 aromatic heterocycles. The van der Waals surface area contributed by atoms with E-state index in [1.165, 1.54) is 29.5 Å². The van der Waals surface area contributed by atoms with Gasteiger partial charge in [0.05, 0.1) is 12.1 Å². The summed E-state index contributed by atoms with van der Waals surface area (Å²) in [6.45, 7) is 0.444. The Morgan fingerprint density at radius 2 is 2.07 bits per heavy atom. The number of imidazole rings is 1. The number of halogens is 3. The van der Waals surface area contributed by atoms with Crippen LogP contribution >= 0.6 is 11.3 Å². The molecule has 1 aromatic carbocycles. The Balaban J connectivity index is 1.65. The van der Waals surface area contributed by atoms with Gasteiger partial charge in [-0.15, -0.1) is 11.3 Å². The second kappa shape index (κ2) is 7.39. The summed E-state index contributed by atoms with van der Waals surface area (Å²) in [6, 6.07) is 5.75. The van der Waals surface area contributed by atoms with Crippen LogP contribution in [0.15, 0.2) is 35.8 Å². The highest BCUT2D eigenvalue weighted by Gasteiger charge is 2.27. The zero-order valence-electron chi connectivity index (χ0n) is 14.1. The van der Waals surface area contributed by atoms with Crippen molar-refractivity contribution in [3.63, 3.8) is 0 Å².